The number of likely N-dealkylation sites (tertiary alicyclic amines) is 1. The van der Waals surface area contributed by atoms with Crippen LogP contribution in [-0.2, 0) is 4.79 Å². The molecule has 1 saturated heterocycles. The number of carbonyl (C=O) groups is 2. The van der Waals surface area contributed by atoms with E-state index < -0.39 is 11.9 Å². The van der Waals surface area contributed by atoms with Gasteiger partial charge in [0.2, 0.25) is 0 Å². The molecule has 1 aliphatic rings. The van der Waals surface area contributed by atoms with Gasteiger partial charge in [0, 0.05) is 38.9 Å². The van der Waals surface area contributed by atoms with Gasteiger partial charge in [0.1, 0.15) is 5.82 Å². The van der Waals surface area contributed by atoms with E-state index in [1.165, 1.54) is 4.90 Å². The summed E-state index contributed by atoms with van der Waals surface area (Å²) >= 11 is 0. The smallest absolute Gasteiger partial charge is 0.310 e. The number of hydrogen-bond acceptors (Lipinski definition) is 4. The summed E-state index contributed by atoms with van der Waals surface area (Å²) in [5.41, 5.74) is 0.539. The van der Waals surface area contributed by atoms with Crippen molar-refractivity contribution in [2.75, 3.05) is 32.1 Å². The van der Waals surface area contributed by atoms with E-state index in [0.29, 0.717) is 11.4 Å². The first-order valence-corrected chi connectivity index (χ1v) is 5.64. The number of aromatic nitrogens is 1. The van der Waals surface area contributed by atoms with E-state index in [0.717, 1.165) is 0 Å². The summed E-state index contributed by atoms with van der Waals surface area (Å²) in [6.07, 6.45) is 1.58. The lowest BCUT2D eigenvalue weighted by atomic mass is 9.99. The fourth-order valence-corrected chi connectivity index (χ4v) is 1.78. The number of amides is 1. The van der Waals surface area contributed by atoms with Gasteiger partial charge in [-0.2, -0.15) is 0 Å². The summed E-state index contributed by atoms with van der Waals surface area (Å²) in [4.78, 5) is 30.2. The van der Waals surface area contributed by atoms with Crippen LogP contribution < -0.4 is 4.90 Å². The lowest BCUT2D eigenvalue weighted by Crippen LogP contribution is -2.53. The Labute approximate surface area is 105 Å². The summed E-state index contributed by atoms with van der Waals surface area (Å²) in [5, 5.41) is 8.77. The van der Waals surface area contributed by atoms with Crippen molar-refractivity contribution < 1.29 is 14.7 Å². The molecule has 1 fully saturated rings. The Hall–Kier alpha value is -2.11. The van der Waals surface area contributed by atoms with Crippen molar-refractivity contribution in [1.29, 1.82) is 0 Å². The van der Waals surface area contributed by atoms with Crippen molar-refractivity contribution in [3.63, 3.8) is 0 Å². The van der Waals surface area contributed by atoms with Crippen molar-refractivity contribution in [2.24, 2.45) is 5.92 Å². The molecule has 96 valence electrons. The van der Waals surface area contributed by atoms with Gasteiger partial charge in [0.15, 0.2) is 0 Å². The lowest BCUT2D eigenvalue weighted by Gasteiger charge is -2.36. The van der Waals surface area contributed by atoms with Crippen molar-refractivity contribution in [3.05, 3.63) is 23.9 Å². The topological polar surface area (TPSA) is 73.7 Å². The van der Waals surface area contributed by atoms with Crippen LogP contribution in [0.2, 0.25) is 0 Å². The Balaban J connectivity index is 2.06. The van der Waals surface area contributed by atoms with E-state index >= 15 is 0 Å². The molecule has 0 radical (unpaired) electrons. The van der Waals surface area contributed by atoms with Gasteiger partial charge in [0.25, 0.3) is 5.91 Å². The van der Waals surface area contributed by atoms with E-state index in [1.54, 1.807) is 18.3 Å². The summed E-state index contributed by atoms with van der Waals surface area (Å²) in [6.45, 7) is 0.571. The quantitative estimate of drug-likeness (QED) is 0.834. The predicted octanol–water partition coefficient (Wildman–Crippen LogP) is 0.304. The Kier molecular flexibility index (Phi) is 3.18. The highest BCUT2D eigenvalue weighted by atomic mass is 16.4. The third-order valence-corrected chi connectivity index (χ3v) is 2.97. The molecule has 18 heavy (non-hydrogen) atoms. The Morgan fingerprint density at radius 1 is 1.44 bits per heavy atom. The number of carboxylic acid groups (broad SMARTS) is 1. The van der Waals surface area contributed by atoms with Gasteiger partial charge < -0.3 is 14.9 Å². The lowest BCUT2D eigenvalue weighted by molar-refractivity contribution is -0.146. The maximum Gasteiger partial charge on any atom is 0.310 e. The minimum atomic E-state index is -0.845. The second kappa shape index (κ2) is 4.64. The van der Waals surface area contributed by atoms with Crippen LogP contribution in [0.1, 0.15) is 10.4 Å². The number of aliphatic carboxylic acids is 1. The molecule has 6 heteroatoms. The largest absolute Gasteiger partial charge is 0.481 e. The maximum absolute atomic E-state index is 12.1. The van der Waals surface area contributed by atoms with Gasteiger partial charge in [-0.1, -0.05) is 0 Å². The molecule has 1 aromatic heterocycles. The highest BCUT2D eigenvalue weighted by Crippen LogP contribution is 2.20. The van der Waals surface area contributed by atoms with E-state index in [4.69, 9.17) is 5.11 Å². The minimum absolute atomic E-state index is 0.141. The van der Waals surface area contributed by atoms with E-state index in [2.05, 4.69) is 4.98 Å². The summed E-state index contributed by atoms with van der Waals surface area (Å²) < 4.78 is 0. The molecule has 1 amide bonds. The fourth-order valence-electron chi connectivity index (χ4n) is 1.78. The number of carbonyl (C=O) groups excluding carboxylic acids is 1. The van der Waals surface area contributed by atoms with Crippen molar-refractivity contribution in [2.45, 2.75) is 0 Å². The van der Waals surface area contributed by atoms with E-state index in [9.17, 15) is 9.59 Å². The number of carboxylic acids is 1. The second-order valence-corrected chi connectivity index (χ2v) is 4.54. The molecule has 1 aliphatic heterocycles. The highest BCUT2D eigenvalue weighted by molar-refractivity contribution is 5.96. The first-order chi connectivity index (χ1) is 8.49. The molecule has 0 spiro atoms. The third-order valence-electron chi connectivity index (χ3n) is 2.97. The first kappa shape index (κ1) is 12.3. The van der Waals surface area contributed by atoms with Crippen LogP contribution in [0.3, 0.4) is 0 Å². The molecule has 2 heterocycles. The summed E-state index contributed by atoms with van der Waals surface area (Å²) in [7, 11) is 3.70. The summed E-state index contributed by atoms with van der Waals surface area (Å²) in [6, 6.07) is 3.35. The van der Waals surface area contributed by atoms with Gasteiger partial charge >= 0.3 is 5.97 Å². The van der Waals surface area contributed by atoms with Crippen LogP contribution in [0, 0.1) is 5.92 Å². The number of hydrogen-bond donors (Lipinski definition) is 1. The summed E-state index contributed by atoms with van der Waals surface area (Å²) in [5.74, 6) is -0.707. The normalized spacial score (nSPS) is 15.1. The van der Waals surface area contributed by atoms with Crippen LogP contribution in [0.25, 0.3) is 0 Å². The number of nitrogens with zero attached hydrogens (tertiary/aromatic N) is 3. The molecule has 0 atom stereocenters. The van der Waals surface area contributed by atoms with Crippen LogP contribution in [-0.4, -0.2) is 54.1 Å². The Morgan fingerprint density at radius 3 is 2.67 bits per heavy atom. The SMILES string of the molecule is CN(C)c1cc(C(=O)N2CC(C(=O)O)C2)ccn1. The van der Waals surface area contributed by atoms with Gasteiger partial charge in [-0.25, -0.2) is 4.98 Å². The van der Waals surface area contributed by atoms with Crippen molar-refractivity contribution in [1.82, 2.24) is 9.88 Å². The fraction of sp³-hybridized carbons (Fsp3) is 0.417. The first-order valence-electron chi connectivity index (χ1n) is 5.64. The number of pyridine rings is 1. The molecular weight excluding hydrogens is 234 g/mol. The van der Waals surface area contributed by atoms with Gasteiger partial charge in [-0.3, -0.25) is 9.59 Å². The van der Waals surface area contributed by atoms with Crippen molar-refractivity contribution in [3.8, 4) is 0 Å². The third kappa shape index (κ3) is 2.27. The van der Waals surface area contributed by atoms with Gasteiger partial charge in [0.05, 0.1) is 5.92 Å². The van der Waals surface area contributed by atoms with Gasteiger partial charge in [-0.15, -0.1) is 0 Å². The molecule has 0 bridgehead atoms. The zero-order valence-corrected chi connectivity index (χ0v) is 10.3. The van der Waals surface area contributed by atoms with Crippen LogP contribution in [0.5, 0.6) is 0 Å². The standard InChI is InChI=1S/C12H15N3O3/c1-14(2)10-5-8(3-4-13-10)11(16)15-6-9(7-15)12(17)18/h3-5,9H,6-7H2,1-2H3,(H,17,18). The second-order valence-electron chi connectivity index (χ2n) is 4.54. The Morgan fingerprint density at radius 2 is 2.11 bits per heavy atom. The molecule has 0 aromatic carbocycles. The average Bonchev–Trinajstić information content (AvgIpc) is 2.26. The molecule has 0 aliphatic carbocycles. The highest BCUT2D eigenvalue weighted by Gasteiger charge is 2.35. The van der Waals surface area contributed by atoms with Gasteiger partial charge in [-0.05, 0) is 12.1 Å². The Bertz CT molecular complexity index is 481. The van der Waals surface area contributed by atoms with E-state index in [1.807, 2.05) is 19.0 Å². The molecule has 2 rings (SSSR count). The molecule has 0 unspecified atom stereocenters. The van der Waals surface area contributed by atoms with Crippen LogP contribution in [0.4, 0.5) is 5.82 Å². The predicted molar refractivity (Wildman–Crippen MR) is 65.6 cm³/mol. The van der Waals surface area contributed by atoms with Crippen LogP contribution in [0.15, 0.2) is 18.3 Å². The zero-order valence-electron chi connectivity index (χ0n) is 10.3. The molecular formula is C12H15N3O3. The molecule has 6 nitrogen and oxygen atoms in total. The maximum atomic E-state index is 12.1. The number of anilines is 1. The molecule has 0 saturated carbocycles. The minimum Gasteiger partial charge on any atom is -0.481 e. The van der Waals surface area contributed by atoms with E-state index in [-0.39, 0.29) is 19.0 Å². The molecule has 1 N–H and O–H groups in total. The number of rotatable bonds is 3. The molecule has 1 aromatic rings. The van der Waals surface area contributed by atoms with Crippen LogP contribution >= 0.6 is 0 Å². The average molecular weight is 249 g/mol. The monoisotopic (exact) mass is 249 g/mol. The van der Waals surface area contributed by atoms with Crippen molar-refractivity contribution >= 4 is 17.7 Å². The zero-order chi connectivity index (χ0) is 13.3.